The van der Waals surface area contributed by atoms with Crippen molar-refractivity contribution < 1.29 is 24.3 Å². The first-order valence-electron chi connectivity index (χ1n) is 13.3. The van der Waals surface area contributed by atoms with Crippen molar-refractivity contribution >= 4 is 62.4 Å². The summed E-state index contributed by atoms with van der Waals surface area (Å²) in [7, 11) is 0. The quantitative estimate of drug-likeness (QED) is 0.166. The number of hydrogen-bond acceptors (Lipinski definition) is 5. The Bertz CT molecular complexity index is 1780. The van der Waals surface area contributed by atoms with Crippen molar-refractivity contribution in [3.8, 4) is 5.75 Å². The Hall–Kier alpha value is -3.85. The molecule has 0 bridgehead atoms. The maximum atomic E-state index is 14.0. The van der Waals surface area contributed by atoms with Crippen LogP contribution in [-0.2, 0) is 19.2 Å². The van der Waals surface area contributed by atoms with Gasteiger partial charge in [-0.2, -0.15) is 0 Å². The number of anilines is 1. The number of aromatic hydroxyl groups is 1. The maximum Gasteiger partial charge on any atom is 0.238 e. The van der Waals surface area contributed by atoms with Gasteiger partial charge in [-0.15, -0.1) is 0 Å². The lowest BCUT2D eigenvalue weighted by atomic mass is 9.59. The number of amides is 2. The van der Waals surface area contributed by atoms with Crippen molar-refractivity contribution in [3.05, 3.63) is 104 Å². The number of phenolic OH excluding ortho intramolecular Hbond substituents is 1. The van der Waals surface area contributed by atoms with E-state index in [-0.39, 0.29) is 35.6 Å². The van der Waals surface area contributed by atoms with Crippen molar-refractivity contribution in [3.63, 3.8) is 0 Å². The van der Waals surface area contributed by atoms with Crippen LogP contribution in [0.15, 0.2) is 95.1 Å². The number of fused-ring (bicyclic) bond motifs is 4. The largest absolute Gasteiger partial charge is 0.508 e. The molecule has 4 aliphatic rings. The highest BCUT2D eigenvalue weighted by Crippen LogP contribution is 2.57. The maximum absolute atomic E-state index is 14.0. The predicted octanol–water partition coefficient (Wildman–Crippen LogP) is 5.78. The summed E-state index contributed by atoms with van der Waals surface area (Å²) in [6.07, 6.45) is 3.92. The van der Waals surface area contributed by atoms with E-state index in [0.717, 1.165) is 19.9 Å². The van der Waals surface area contributed by atoms with Gasteiger partial charge < -0.3 is 5.11 Å². The Morgan fingerprint density at radius 3 is 2.42 bits per heavy atom. The molecule has 4 atom stereocenters. The number of ketones is 2. The highest BCUT2D eigenvalue weighted by molar-refractivity contribution is 14.1. The van der Waals surface area contributed by atoms with Gasteiger partial charge in [0.15, 0.2) is 11.6 Å². The SMILES string of the molecule is CC1=CC(=O)C2=C(CC3C(=CCC4C(=O)N(c5ccc(I)cc5)C(=O)C43)C2c2c(O)ccc3ccccc23)C1=O. The first-order chi connectivity index (χ1) is 19.3. The molecule has 0 spiro atoms. The van der Waals surface area contributed by atoms with Gasteiger partial charge in [0.25, 0.3) is 0 Å². The van der Waals surface area contributed by atoms with E-state index in [4.69, 9.17) is 0 Å². The van der Waals surface area contributed by atoms with Crippen molar-refractivity contribution in [1.82, 2.24) is 0 Å². The lowest BCUT2D eigenvalue weighted by Gasteiger charge is -2.42. The van der Waals surface area contributed by atoms with E-state index >= 15 is 0 Å². The van der Waals surface area contributed by atoms with Gasteiger partial charge in [0, 0.05) is 31.8 Å². The van der Waals surface area contributed by atoms with Crippen molar-refractivity contribution in [2.45, 2.75) is 25.7 Å². The molecule has 3 aliphatic carbocycles. The summed E-state index contributed by atoms with van der Waals surface area (Å²) in [6, 6.07) is 18.3. The smallest absolute Gasteiger partial charge is 0.238 e. The Balaban J connectivity index is 1.42. The van der Waals surface area contributed by atoms with Crippen LogP contribution in [-0.4, -0.2) is 28.5 Å². The van der Waals surface area contributed by atoms with Crippen molar-refractivity contribution in [2.75, 3.05) is 4.90 Å². The number of benzene rings is 3. The fourth-order valence-electron chi connectivity index (χ4n) is 7.15. The van der Waals surface area contributed by atoms with Gasteiger partial charge in [0.2, 0.25) is 11.8 Å². The molecule has 7 heteroatoms. The van der Waals surface area contributed by atoms with Crippen LogP contribution in [0.25, 0.3) is 10.8 Å². The minimum atomic E-state index is -0.697. The van der Waals surface area contributed by atoms with Crippen LogP contribution < -0.4 is 4.90 Å². The zero-order valence-electron chi connectivity index (χ0n) is 21.6. The van der Waals surface area contributed by atoms with E-state index in [0.29, 0.717) is 34.4 Å². The van der Waals surface area contributed by atoms with E-state index in [1.165, 1.54) is 11.0 Å². The minimum Gasteiger partial charge on any atom is -0.508 e. The summed E-state index contributed by atoms with van der Waals surface area (Å²) in [6.45, 7) is 1.63. The van der Waals surface area contributed by atoms with Gasteiger partial charge in [-0.3, -0.25) is 24.1 Å². The number of nitrogens with zero attached hydrogens (tertiary/aromatic N) is 1. The molecule has 3 aromatic carbocycles. The Morgan fingerprint density at radius 1 is 0.900 bits per heavy atom. The monoisotopic (exact) mass is 641 g/mol. The number of carbonyl (C=O) groups excluding carboxylic acids is 4. The summed E-state index contributed by atoms with van der Waals surface area (Å²) >= 11 is 2.18. The molecule has 1 saturated heterocycles. The molecule has 40 heavy (non-hydrogen) atoms. The van der Waals surface area contributed by atoms with E-state index in [1.807, 2.05) is 48.5 Å². The van der Waals surface area contributed by atoms with E-state index in [1.54, 1.807) is 25.1 Å². The molecule has 0 saturated carbocycles. The molecule has 1 aliphatic heterocycles. The number of rotatable bonds is 2. The third-order valence-electron chi connectivity index (χ3n) is 8.88. The molecule has 0 aromatic heterocycles. The van der Waals surface area contributed by atoms with Crippen LogP contribution in [0.2, 0.25) is 0 Å². The lowest BCUT2D eigenvalue weighted by molar-refractivity contribution is -0.123. The second-order valence-corrected chi connectivity index (χ2v) is 12.2. The normalized spacial score (nSPS) is 26.0. The topological polar surface area (TPSA) is 91.8 Å². The van der Waals surface area contributed by atoms with Crippen LogP contribution in [0.3, 0.4) is 0 Å². The number of allylic oxidation sites excluding steroid dienone is 6. The second-order valence-electron chi connectivity index (χ2n) is 10.9. The van der Waals surface area contributed by atoms with E-state index in [2.05, 4.69) is 22.6 Å². The highest BCUT2D eigenvalue weighted by atomic mass is 127. The Labute approximate surface area is 244 Å². The van der Waals surface area contributed by atoms with E-state index in [9.17, 15) is 24.3 Å². The minimum absolute atomic E-state index is 0.0279. The van der Waals surface area contributed by atoms with Crippen molar-refractivity contribution in [2.24, 2.45) is 17.8 Å². The first-order valence-corrected chi connectivity index (χ1v) is 14.4. The van der Waals surface area contributed by atoms with Crippen LogP contribution in [0.5, 0.6) is 5.75 Å². The molecule has 2 amide bonds. The first kappa shape index (κ1) is 25.1. The standard InChI is InChI=1S/C33H24INO5/c1-16-14-26(37)29-24(31(16)38)15-23-21(30(29)28-20-5-3-2-4-17(20)6-13-25(28)36)11-12-22-27(23)33(40)35(32(22)39)19-9-7-18(34)8-10-19/h2-11,13-14,22-23,27,30,36H,12,15H2,1H3. The number of phenols is 1. The van der Waals surface area contributed by atoms with Gasteiger partial charge in [-0.1, -0.05) is 42.0 Å². The summed E-state index contributed by atoms with van der Waals surface area (Å²) in [4.78, 5) is 56.1. The molecule has 1 N–H and O–H groups in total. The second kappa shape index (κ2) is 9.09. The summed E-state index contributed by atoms with van der Waals surface area (Å²) in [5, 5.41) is 12.9. The third-order valence-corrected chi connectivity index (χ3v) is 9.60. The van der Waals surface area contributed by atoms with Crippen LogP contribution in [0, 0.1) is 21.3 Å². The Kier molecular flexibility index (Phi) is 5.71. The number of halogens is 1. The van der Waals surface area contributed by atoms with E-state index < -0.39 is 23.7 Å². The zero-order valence-corrected chi connectivity index (χ0v) is 23.7. The molecular formula is C33H24INO5. The molecule has 3 aromatic rings. The fourth-order valence-corrected chi connectivity index (χ4v) is 7.51. The van der Waals surface area contributed by atoms with Gasteiger partial charge in [-0.25, -0.2) is 0 Å². The number of hydrogen-bond donors (Lipinski definition) is 1. The molecule has 1 heterocycles. The molecule has 0 radical (unpaired) electrons. The molecule has 6 nitrogen and oxygen atoms in total. The van der Waals surface area contributed by atoms with Gasteiger partial charge in [-0.05, 0) is 95.5 Å². The fraction of sp³-hybridized carbons (Fsp3) is 0.212. The highest BCUT2D eigenvalue weighted by Gasteiger charge is 2.57. The van der Waals surface area contributed by atoms with Gasteiger partial charge >= 0.3 is 0 Å². The van der Waals surface area contributed by atoms with Gasteiger partial charge in [0.05, 0.1) is 17.5 Å². The lowest BCUT2D eigenvalue weighted by Crippen LogP contribution is -2.39. The molecule has 1 fully saturated rings. The number of imide groups is 1. The van der Waals surface area contributed by atoms with Crippen molar-refractivity contribution in [1.29, 1.82) is 0 Å². The van der Waals surface area contributed by atoms with Crippen LogP contribution >= 0.6 is 22.6 Å². The predicted molar refractivity (Wildman–Crippen MR) is 159 cm³/mol. The summed E-state index contributed by atoms with van der Waals surface area (Å²) in [5.74, 6) is -3.31. The number of Topliss-reactive ketones (excluding diaryl/α,β-unsaturated/α-hetero) is 1. The van der Waals surface area contributed by atoms with Crippen LogP contribution in [0.1, 0.15) is 31.2 Å². The van der Waals surface area contributed by atoms with Gasteiger partial charge in [0.1, 0.15) is 5.75 Å². The average Bonchev–Trinajstić information content (AvgIpc) is 3.21. The third kappa shape index (κ3) is 3.53. The summed E-state index contributed by atoms with van der Waals surface area (Å²) in [5.41, 5.74) is 3.03. The number of carbonyl (C=O) groups is 4. The molecular weight excluding hydrogens is 617 g/mol. The molecule has 7 rings (SSSR count). The zero-order chi connectivity index (χ0) is 27.9. The Morgan fingerprint density at radius 2 is 1.65 bits per heavy atom. The van der Waals surface area contributed by atoms with Crippen LogP contribution in [0.4, 0.5) is 5.69 Å². The molecule has 4 unspecified atom stereocenters. The molecule has 198 valence electrons. The summed E-state index contributed by atoms with van der Waals surface area (Å²) < 4.78 is 0.996. The average molecular weight is 641 g/mol.